The van der Waals surface area contributed by atoms with Crippen LogP contribution in [-0.4, -0.2) is 15.2 Å². The van der Waals surface area contributed by atoms with Gasteiger partial charge in [-0.2, -0.15) is 0 Å². The summed E-state index contributed by atoms with van der Waals surface area (Å²) in [5.41, 5.74) is 2.70. The summed E-state index contributed by atoms with van der Waals surface area (Å²) in [5.74, 6) is -0.00256. The highest BCUT2D eigenvalue weighted by molar-refractivity contribution is 7.15. The molecule has 4 aromatic rings. The molecule has 0 saturated carbocycles. The number of aromatic nitrogens is 2. The molecular weight excluding hydrogens is 360 g/mol. The number of benzene rings is 1. The highest BCUT2D eigenvalue weighted by Gasteiger charge is 2.13. The van der Waals surface area contributed by atoms with Crippen LogP contribution in [0.3, 0.4) is 0 Å². The Balaban J connectivity index is 1.78. The van der Waals surface area contributed by atoms with E-state index in [9.17, 15) is 4.79 Å². The molecule has 24 heavy (non-hydrogen) atoms. The van der Waals surface area contributed by atoms with Gasteiger partial charge in [-0.25, -0.2) is 4.98 Å². The van der Waals surface area contributed by atoms with E-state index in [0.29, 0.717) is 5.02 Å². The van der Waals surface area contributed by atoms with Crippen LogP contribution in [0.15, 0.2) is 59.4 Å². The average molecular weight is 371 g/mol. The zero-order valence-electron chi connectivity index (χ0n) is 12.3. The van der Waals surface area contributed by atoms with Gasteiger partial charge in [0, 0.05) is 22.2 Å². The zero-order valence-corrected chi connectivity index (χ0v) is 14.7. The van der Waals surface area contributed by atoms with Gasteiger partial charge in [0.05, 0.1) is 16.3 Å². The summed E-state index contributed by atoms with van der Waals surface area (Å²) in [7, 11) is 0. The van der Waals surface area contributed by atoms with Crippen molar-refractivity contribution in [3.8, 4) is 11.3 Å². The van der Waals surface area contributed by atoms with E-state index in [2.05, 4.69) is 0 Å². The lowest BCUT2D eigenvalue weighted by atomic mass is 10.1. The number of thiophene rings is 1. The van der Waals surface area contributed by atoms with Crippen molar-refractivity contribution >= 4 is 51.1 Å². The fourth-order valence-corrected chi connectivity index (χ4v) is 3.93. The number of carbonyl (C=O) groups excluding carboxylic acids is 1. The average Bonchev–Trinajstić information content (AvgIpc) is 3.31. The summed E-state index contributed by atoms with van der Waals surface area (Å²) in [6, 6.07) is 11.3. The summed E-state index contributed by atoms with van der Waals surface area (Å²) >= 11 is 8.98. The Morgan fingerprint density at radius 2 is 1.96 bits per heavy atom. The summed E-state index contributed by atoms with van der Waals surface area (Å²) in [6.45, 7) is 0. The Bertz CT molecular complexity index is 1030. The van der Waals surface area contributed by atoms with E-state index >= 15 is 0 Å². The summed E-state index contributed by atoms with van der Waals surface area (Å²) < 4.78 is 1.99. The van der Waals surface area contributed by atoms with E-state index in [1.165, 1.54) is 11.3 Å². The lowest BCUT2D eigenvalue weighted by Crippen LogP contribution is -1.91. The second-order valence-corrected chi connectivity index (χ2v) is 7.34. The van der Waals surface area contributed by atoms with Gasteiger partial charge in [-0.3, -0.25) is 9.20 Å². The molecule has 0 radical (unpaired) electrons. The monoisotopic (exact) mass is 370 g/mol. The van der Waals surface area contributed by atoms with Crippen molar-refractivity contribution in [1.82, 2.24) is 9.38 Å². The van der Waals surface area contributed by atoms with E-state index in [4.69, 9.17) is 16.6 Å². The third-order valence-corrected chi connectivity index (χ3v) is 5.47. The first-order valence-electron chi connectivity index (χ1n) is 7.20. The predicted molar refractivity (Wildman–Crippen MR) is 101 cm³/mol. The molecule has 4 rings (SSSR count). The fraction of sp³-hybridized carbons (Fsp3) is 0. The molecule has 0 unspecified atom stereocenters. The molecule has 6 heteroatoms. The van der Waals surface area contributed by atoms with Crippen molar-refractivity contribution in [1.29, 1.82) is 0 Å². The molecule has 0 bridgehead atoms. The number of carbonyl (C=O) groups is 1. The molecule has 0 aliphatic carbocycles. The summed E-state index contributed by atoms with van der Waals surface area (Å²) in [6.07, 6.45) is 5.40. The van der Waals surface area contributed by atoms with Crippen LogP contribution in [0, 0.1) is 0 Å². The molecule has 3 nitrogen and oxygen atoms in total. The van der Waals surface area contributed by atoms with Crippen molar-refractivity contribution in [2.45, 2.75) is 0 Å². The third kappa shape index (κ3) is 2.82. The van der Waals surface area contributed by atoms with E-state index in [0.717, 1.165) is 26.8 Å². The molecule has 3 heterocycles. The van der Waals surface area contributed by atoms with Gasteiger partial charge in [-0.15, -0.1) is 22.7 Å². The number of ketones is 1. The van der Waals surface area contributed by atoms with Crippen LogP contribution in [0.25, 0.3) is 22.3 Å². The standard InChI is InChI=1S/C18H11ClN2OS2/c19-13-5-3-12(4-6-13)17-14(21-9-11-24-18(21)20-17)7-8-15(22)16-2-1-10-23-16/h1-11H/b8-7+. The Morgan fingerprint density at radius 1 is 1.12 bits per heavy atom. The maximum absolute atomic E-state index is 12.2. The second kappa shape index (κ2) is 6.36. The van der Waals surface area contributed by atoms with Gasteiger partial charge in [0.15, 0.2) is 10.7 Å². The normalized spacial score (nSPS) is 11.5. The first-order valence-corrected chi connectivity index (χ1v) is 9.33. The number of thiazole rings is 1. The van der Waals surface area contributed by atoms with Gasteiger partial charge < -0.3 is 0 Å². The maximum atomic E-state index is 12.2. The number of allylic oxidation sites excluding steroid dienone is 1. The van der Waals surface area contributed by atoms with Gasteiger partial charge in [0.25, 0.3) is 0 Å². The minimum Gasteiger partial charge on any atom is -0.290 e. The number of rotatable bonds is 4. The van der Waals surface area contributed by atoms with Crippen LogP contribution < -0.4 is 0 Å². The highest BCUT2D eigenvalue weighted by atomic mass is 35.5. The number of imidazole rings is 1. The number of halogens is 1. The third-order valence-electron chi connectivity index (χ3n) is 3.57. The van der Waals surface area contributed by atoms with Crippen LogP contribution in [-0.2, 0) is 0 Å². The van der Waals surface area contributed by atoms with E-state index in [1.54, 1.807) is 17.4 Å². The van der Waals surface area contributed by atoms with Gasteiger partial charge in [-0.05, 0) is 35.7 Å². The van der Waals surface area contributed by atoms with Gasteiger partial charge in [0.1, 0.15) is 0 Å². The number of hydrogen-bond acceptors (Lipinski definition) is 4. The molecule has 118 valence electrons. The van der Waals surface area contributed by atoms with Crippen molar-refractivity contribution in [2.75, 3.05) is 0 Å². The maximum Gasteiger partial charge on any atom is 0.195 e. The largest absolute Gasteiger partial charge is 0.290 e. The minimum absolute atomic E-state index is 0.00256. The molecule has 0 fully saturated rings. The molecule has 0 aliphatic heterocycles. The zero-order chi connectivity index (χ0) is 16.5. The second-order valence-electron chi connectivity index (χ2n) is 5.08. The van der Waals surface area contributed by atoms with Gasteiger partial charge >= 0.3 is 0 Å². The highest BCUT2D eigenvalue weighted by Crippen LogP contribution is 2.28. The smallest absolute Gasteiger partial charge is 0.195 e. The van der Waals surface area contributed by atoms with Crippen molar-refractivity contribution in [2.24, 2.45) is 0 Å². The van der Waals surface area contributed by atoms with Crippen molar-refractivity contribution in [3.05, 3.63) is 75.0 Å². The van der Waals surface area contributed by atoms with Crippen LogP contribution in [0.5, 0.6) is 0 Å². The Labute approximate surface area is 151 Å². The molecule has 3 aromatic heterocycles. The first kappa shape index (κ1) is 15.3. The Morgan fingerprint density at radius 3 is 2.71 bits per heavy atom. The number of hydrogen-bond donors (Lipinski definition) is 0. The molecular formula is C18H11ClN2OS2. The molecule has 0 aliphatic rings. The lowest BCUT2D eigenvalue weighted by Gasteiger charge is -2.00. The first-order chi connectivity index (χ1) is 11.7. The molecule has 1 aromatic carbocycles. The fourth-order valence-electron chi connectivity index (χ4n) is 2.44. The van der Waals surface area contributed by atoms with Gasteiger partial charge in [-0.1, -0.05) is 29.8 Å². The number of nitrogens with zero attached hydrogens (tertiary/aromatic N) is 2. The summed E-state index contributed by atoms with van der Waals surface area (Å²) in [5, 5.41) is 4.56. The topological polar surface area (TPSA) is 34.4 Å². The summed E-state index contributed by atoms with van der Waals surface area (Å²) in [4.78, 5) is 18.6. The SMILES string of the molecule is O=C(/C=C/c1c(-c2ccc(Cl)cc2)nc2sccn12)c1cccs1. The lowest BCUT2D eigenvalue weighted by molar-refractivity contribution is 0.105. The van der Waals surface area contributed by atoms with Crippen LogP contribution >= 0.6 is 34.3 Å². The van der Waals surface area contributed by atoms with Crippen molar-refractivity contribution in [3.63, 3.8) is 0 Å². The molecule has 0 saturated heterocycles. The Hall–Kier alpha value is -2.21. The van der Waals surface area contributed by atoms with E-state index < -0.39 is 0 Å². The quantitative estimate of drug-likeness (QED) is 0.342. The number of fused-ring (bicyclic) bond motifs is 1. The van der Waals surface area contributed by atoms with Crippen LogP contribution in [0.2, 0.25) is 5.02 Å². The predicted octanol–water partition coefficient (Wildman–Crippen LogP) is 5.67. The van der Waals surface area contributed by atoms with Crippen LogP contribution in [0.1, 0.15) is 15.4 Å². The van der Waals surface area contributed by atoms with Crippen molar-refractivity contribution < 1.29 is 4.79 Å². The minimum atomic E-state index is -0.00256. The van der Waals surface area contributed by atoms with E-state index in [1.807, 2.05) is 63.8 Å². The van der Waals surface area contributed by atoms with Gasteiger partial charge in [0.2, 0.25) is 0 Å². The molecule has 0 spiro atoms. The molecule has 0 atom stereocenters. The molecule has 0 amide bonds. The molecule has 0 N–H and O–H groups in total. The Kier molecular flexibility index (Phi) is 4.06. The van der Waals surface area contributed by atoms with E-state index in [-0.39, 0.29) is 5.78 Å². The van der Waals surface area contributed by atoms with Crippen LogP contribution in [0.4, 0.5) is 0 Å².